The molecule has 1 fully saturated rings. The van der Waals surface area contributed by atoms with Crippen molar-refractivity contribution in [1.29, 1.82) is 0 Å². The highest BCUT2D eigenvalue weighted by molar-refractivity contribution is 8.13. The van der Waals surface area contributed by atoms with E-state index in [1.807, 2.05) is 5.32 Å². The molecular weight excluding hydrogens is 349 g/mol. The molecule has 1 aliphatic rings. The quantitative estimate of drug-likeness (QED) is 0.642. The van der Waals surface area contributed by atoms with Crippen LogP contribution >= 0.6 is 11.8 Å². The van der Waals surface area contributed by atoms with Crippen molar-refractivity contribution in [2.75, 3.05) is 24.2 Å². The van der Waals surface area contributed by atoms with Gasteiger partial charge in [-0.15, -0.1) is 0 Å². The van der Waals surface area contributed by atoms with Gasteiger partial charge < -0.3 is 15.0 Å². The highest BCUT2D eigenvalue weighted by Crippen LogP contribution is 2.20. The van der Waals surface area contributed by atoms with E-state index in [4.69, 9.17) is 4.74 Å². The standard InChI is InChI=1S/C14H13F3N2O4S/c1-7(23-10(20)6-19-4-5-24-14(19)22)13(21)18-9-3-2-8(15)11(16)12(9)17/h2-3,7H,4-6H2,1H3,(H,18,21)/t7-/m0/s1. The zero-order chi connectivity index (χ0) is 17.9. The fraction of sp³-hybridized carbons (Fsp3) is 0.357. The summed E-state index contributed by atoms with van der Waals surface area (Å²) in [6.45, 7) is 1.33. The van der Waals surface area contributed by atoms with E-state index >= 15 is 0 Å². The second-order valence-electron chi connectivity index (χ2n) is 4.88. The lowest BCUT2D eigenvalue weighted by atomic mass is 10.2. The Kier molecular flexibility index (Phi) is 5.71. The van der Waals surface area contributed by atoms with Crippen molar-refractivity contribution in [3.63, 3.8) is 0 Å². The molecule has 1 heterocycles. The van der Waals surface area contributed by atoms with Gasteiger partial charge in [0.1, 0.15) is 6.54 Å². The fourth-order valence-electron chi connectivity index (χ4n) is 1.87. The summed E-state index contributed by atoms with van der Waals surface area (Å²) in [6.07, 6.45) is -1.31. The van der Waals surface area contributed by atoms with Crippen LogP contribution in [0.2, 0.25) is 0 Å². The predicted molar refractivity (Wildman–Crippen MR) is 79.9 cm³/mol. The molecule has 1 N–H and O–H groups in total. The minimum Gasteiger partial charge on any atom is -0.451 e. The minimum absolute atomic E-state index is 0.257. The number of thioether (sulfide) groups is 1. The molecule has 0 spiro atoms. The van der Waals surface area contributed by atoms with E-state index in [9.17, 15) is 27.6 Å². The van der Waals surface area contributed by atoms with Gasteiger partial charge in [0.2, 0.25) is 0 Å². The average molecular weight is 362 g/mol. The zero-order valence-corrected chi connectivity index (χ0v) is 13.3. The normalized spacial score (nSPS) is 15.3. The van der Waals surface area contributed by atoms with Crippen molar-refractivity contribution in [2.24, 2.45) is 0 Å². The van der Waals surface area contributed by atoms with Crippen molar-refractivity contribution < 1.29 is 32.3 Å². The molecule has 1 atom stereocenters. The molecule has 130 valence electrons. The Morgan fingerprint density at radius 3 is 2.67 bits per heavy atom. The van der Waals surface area contributed by atoms with Gasteiger partial charge in [-0.2, -0.15) is 0 Å². The molecule has 0 unspecified atom stereocenters. The molecule has 0 aliphatic carbocycles. The number of ether oxygens (including phenoxy) is 1. The molecule has 1 aliphatic heterocycles. The summed E-state index contributed by atoms with van der Waals surface area (Å²) in [5, 5.41) is 1.75. The topological polar surface area (TPSA) is 75.7 Å². The molecule has 0 saturated carbocycles. The van der Waals surface area contributed by atoms with Crippen LogP contribution < -0.4 is 5.32 Å². The zero-order valence-electron chi connectivity index (χ0n) is 12.5. The van der Waals surface area contributed by atoms with Crippen LogP contribution in [-0.2, 0) is 14.3 Å². The molecular formula is C14H13F3N2O4S. The van der Waals surface area contributed by atoms with Gasteiger partial charge >= 0.3 is 5.97 Å². The molecule has 10 heteroatoms. The van der Waals surface area contributed by atoms with Crippen molar-refractivity contribution >= 4 is 34.6 Å². The van der Waals surface area contributed by atoms with Gasteiger partial charge in [0, 0.05) is 12.3 Å². The molecule has 6 nitrogen and oxygen atoms in total. The molecule has 2 rings (SSSR count). The fourth-order valence-corrected chi connectivity index (χ4v) is 2.69. The second kappa shape index (κ2) is 7.56. The summed E-state index contributed by atoms with van der Waals surface area (Å²) in [4.78, 5) is 36.2. The number of hydrogen-bond acceptors (Lipinski definition) is 5. The number of rotatable bonds is 5. The smallest absolute Gasteiger partial charge is 0.326 e. The number of nitrogens with zero attached hydrogens (tertiary/aromatic N) is 1. The first kappa shape index (κ1) is 18.1. The summed E-state index contributed by atoms with van der Waals surface area (Å²) < 4.78 is 44.2. The van der Waals surface area contributed by atoms with Crippen LogP contribution in [0.5, 0.6) is 0 Å². The van der Waals surface area contributed by atoms with Gasteiger partial charge in [-0.05, 0) is 19.1 Å². The first-order valence-electron chi connectivity index (χ1n) is 6.85. The molecule has 0 bridgehead atoms. The predicted octanol–water partition coefficient (Wildman–Crippen LogP) is 2.14. The maximum absolute atomic E-state index is 13.5. The van der Waals surface area contributed by atoms with Gasteiger partial charge in [0.05, 0.1) is 5.69 Å². The van der Waals surface area contributed by atoms with Crippen molar-refractivity contribution in [3.8, 4) is 0 Å². The molecule has 2 amide bonds. The van der Waals surface area contributed by atoms with Crippen molar-refractivity contribution in [2.45, 2.75) is 13.0 Å². The number of halogens is 3. The molecule has 1 aromatic carbocycles. The van der Waals surface area contributed by atoms with E-state index in [0.29, 0.717) is 18.4 Å². The Balaban J connectivity index is 1.91. The summed E-state index contributed by atoms with van der Waals surface area (Å²) in [6, 6.07) is 1.50. The molecule has 0 radical (unpaired) electrons. The van der Waals surface area contributed by atoms with Crippen LogP contribution in [0.1, 0.15) is 6.92 Å². The number of nitrogens with one attached hydrogen (secondary N) is 1. The van der Waals surface area contributed by atoms with E-state index < -0.39 is 41.1 Å². The summed E-state index contributed by atoms with van der Waals surface area (Å²) >= 11 is 1.07. The van der Waals surface area contributed by atoms with Gasteiger partial charge in [-0.1, -0.05) is 11.8 Å². The highest BCUT2D eigenvalue weighted by atomic mass is 32.2. The molecule has 0 aromatic heterocycles. The number of anilines is 1. The number of carbonyl (C=O) groups excluding carboxylic acids is 3. The summed E-state index contributed by atoms with van der Waals surface area (Å²) in [5.41, 5.74) is -0.576. The third kappa shape index (κ3) is 4.19. The van der Waals surface area contributed by atoms with Gasteiger partial charge in [-0.25, -0.2) is 13.2 Å². The Labute approximate surface area is 139 Å². The van der Waals surface area contributed by atoms with Crippen LogP contribution in [0.4, 0.5) is 23.7 Å². The van der Waals surface area contributed by atoms with Crippen molar-refractivity contribution in [3.05, 3.63) is 29.6 Å². The Hall–Kier alpha value is -2.23. The lowest BCUT2D eigenvalue weighted by Crippen LogP contribution is -2.36. The first-order chi connectivity index (χ1) is 11.3. The Bertz CT molecular complexity index is 686. The van der Waals surface area contributed by atoms with Crippen LogP contribution in [0.25, 0.3) is 0 Å². The Morgan fingerprint density at radius 2 is 2.04 bits per heavy atom. The average Bonchev–Trinajstić information content (AvgIpc) is 2.92. The number of esters is 1. The van der Waals surface area contributed by atoms with E-state index in [1.54, 1.807) is 0 Å². The number of amides is 2. The maximum atomic E-state index is 13.5. The second-order valence-corrected chi connectivity index (χ2v) is 5.93. The highest BCUT2D eigenvalue weighted by Gasteiger charge is 2.26. The molecule has 24 heavy (non-hydrogen) atoms. The van der Waals surface area contributed by atoms with E-state index in [1.165, 1.54) is 11.8 Å². The lowest BCUT2D eigenvalue weighted by Gasteiger charge is -2.17. The number of carbonyl (C=O) groups is 3. The van der Waals surface area contributed by atoms with Gasteiger partial charge in [0.25, 0.3) is 11.1 Å². The third-order valence-electron chi connectivity index (χ3n) is 3.14. The van der Waals surface area contributed by atoms with Crippen LogP contribution in [0, 0.1) is 17.5 Å². The van der Waals surface area contributed by atoms with E-state index in [0.717, 1.165) is 17.8 Å². The third-order valence-corrected chi connectivity index (χ3v) is 4.03. The van der Waals surface area contributed by atoms with Gasteiger partial charge in [0.15, 0.2) is 23.6 Å². The van der Waals surface area contributed by atoms with E-state index in [2.05, 4.69) is 0 Å². The van der Waals surface area contributed by atoms with Crippen molar-refractivity contribution in [1.82, 2.24) is 4.90 Å². The largest absolute Gasteiger partial charge is 0.451 e. The number of hydrogen-bond donors (Lipinski definition) is 1. The van der Waals surface area contributed by atoms with Crippen LogP contribution in [0.15, 0.2) is 12.1 Å². The number of benzene rings is 1. The summed E-state index contributed by atoms with van der Waals surface area (Å²) in [7, 11) is 0. The van der Waals surface area contributed by atoms with Gasteiger partial charge in [-0.3, -0.25) is 14.4 Å². The minimum atomic E-state index is -1.72. The Morgan fingerprint density at radius 1 is 1.33 bits per heavy atom. The monoisotopic (exact) mass is 362 g/mol. The molecule has 1 saturated heterocycles. The van der Waals surface area contributed by atoms with Crippen LogP contribution in [0.3, 0.4) is 0 Å². The SMILES string of the molecule is C[C@H](OC(=O)CN1CCSC1=O)C(=O)Nc1ccc(F)c(F)c1F. The summed E-state index contributed by atoms with van der Waals surface area (Å²) in [5.74, 6) is -5.82. The lowest BCUT2D eigenvalue weighted by molar-refractivity contribution is -0.153. The molecule has 1 aromatic rings. The van der Waals surface area contributed by atoms with Crippen LogP contribution in [-0.4, -0.2) is 47.0 Å². The maximum Gasteiger partial charge on any atom is 0.326 e. The van der Waals surface area contributed by atoms with E-state index in [-0.39, 0.29) is 11.8 Å². The first-order valence-corrected chi connectivity index (χ1v) is 7.83.